The van der Waals surface area contributed by atoms with Crippen LogP contribution >= 0.6 is 0 Å². The Hall–Kier alpha value is -1.83. The van der Waals surface area contributed by atoms with Crippen LogP contribution in [0.15, 0.2) is 21.7 Å². The molecular weight excluding hydrogens is 232 g/mol. The van der Waals surface area contributed by atoms with Crippen molar-refractivity contribution in [1.82, 2.24) is 15.4 Å². The molecule has 0 saturated heterocycles. The van der Waals surface area contributed by atoms with E-state index in [4.69, 9.17) is 0 Å². The molecule has 0 saturated carbocycles. The van der Waals surface area contributed by atoms with Crippen molar-refractivity contribution < 1.29 is 12.9 Å². The van der Waals surface area contributed by atoms with Crippen LogP contribution < -0.4 is 4.72 Å². The Morgan fingerprint density at radius 1 is 1.44 bits per heavy atom. The van der Waals surface area contributed by atoms with Crippen LogP contribution in [0.4, 0.5) is 5.82 Å². The van der Waals surface area contributed by atoms with E-state index in [2.05, 4.69) is 24.6 Å². The fourth-order valence-electron chi connectivity index (χ4n) is 1.39. The number of nitrogens with zero attached hydrogens (tertiary/aromatic N) is 2. The lowest BCUT2D eigenvalue weighted by molar-refractivity contribution is 0.423. The van der Waals surface area contributed by atoms with Crippen molar-refractivity contribution in [3.63, 3.8) is 0 Å². The van der Waals surface area contributed by atoms with Crippen LogP contribution in [0.3, 0.4) is 0 Å². The molecule has 2 aromatic heterocycles. The number of anilines is 1. The molecular formula is C8H10N4O3S. The largest absolute Gasteiger partial charge is 0.363 e. The van der Waals surface area contributed by atoms with Gasteiger partial charge >= 0.3 is 0 Å². The minimum Gasteiger partial charge on any atom is -0.363 e. The zero-order valence-corrected chi connectivity index (χ0v) is 9.50. The van der Waals surface area contributed by atoms with Gasteiger partial charge in [0.25, 0.3) is 10.0 Å². The summed E-state index contributed by atoms with van der Waals surface area (Å²) in [4.78, 5) is 0.135. The van der Waals surface area contributed by atoms with Crippen LogP contribution in [0.5, 0.6) is 0 Å². The van der Waals surface area contributed by atoms with Crippen LogP contribution in [0.25, 0.3) is 0 Å². The Bertz CT molecular complexity index is 565. The number of sulfonamides is 1. The van der Waals surface area contributed by atoms with Crippen LogP contribution in [-0.4, -0.2) is 23.8 Å². The molecule has 0 aromatic carbocycles. The molecule has 0 aliphatic carbocycles. The maximum atomic E-state index is 11.9. The highest BCUT2D eigenvalue weighted by molar-refractivity contribution is 7.92. The highest BCUT2D eigenvalue weighted by Gasteiger charge is 2.22. The maximum absolute atomic E-state index is 11.9. The van der Waals surface area contributed by atoms with Crippen LogP contribution in [0.2, 0.25) is 0 Å². The SMILES string of the molecule is Cc1n[nH]c(C)c1S(=O)(=O)Nc1ccon1. The Morgan fingerprint density at radius 2 is 2.19 bits per heavy atom. The first-order chi connectivity index (χ1) is 7.50. The topological polar surface area (TPSA) is 101 Å². The van der Waals surface area contributed by atoms with E-state index in [0.29, 0.717) is 11.4 Å². The van der Waals surface area contributed by atoms with Crippen molar-refractivity contribution in [3.05, 3.63) is 23.7 Å². The normalized spacial score (nSPS) is 11.6. The first-order valence-corrected chi connectivity index (χ1v) is 5.94. The van der Waals surface area contributed by atoms with Crippen LogP contribution in [0, 0.1) is 13.8 Å². The molecule has 16 heavy (non-hydrogen) atoms. The second-order valence-corrected chi connectivity index (χ2v) is 4.87. The Morgan fingerprint density at radius 3 is 2.69 bits per heavy atom. The predicted octanol–water partition coefficient (Wildman–Crippen LogP) is 0.815. The minimum absolute atomic E-state index is 0.135. The van der Waals surface area contributed by atoms with Crippen LogP contribution in [-0.2, 0) is 10.0 Å². The second-order valence-electron chi connectivity index (χ2n) is 3.25. The summed E-state index contributed by atoms with van der Waals surface area (Å²) < 4.78 is 30.7. The van der Waals surface area contributed by atoms with E-state index in [-0.39, 0.29) is 10.7 Å². The molecule has 0 amide bonds. The molecule has 0 radical (unpaired) electrons. The molecule has 0 atom stereocenters. The highest BCUT2D eigenvalue weighted by atomic mass is 32.2. The summed E-state index contributed by atoms with van der Waals surface area (Å²) in [5.41, 5.74) is 0.891. The van der Waals surface area contributed by atoms with E-state index in [1.54, 1.807) is 13.8 Å². The third kappa shape index (κ3) is 1.78. The van der Waals surface area contributed by atoms with Crippen molar-refractivity contribution in [2.75, 3.05) is 4.72 Å². The van der Waals surface area contributed by atoms with Crippen molar-refractivity contribution >= 4 is 15.8 Å². The highest BCUT2D eigenvalue weighted by Crippen LogP contribution is 2.19. The number of aromatic amines is 1. The zero-order chi connectivity index (χ0) is 11.8. The van der Waals surface area contributed by atoms with E-state index in [1.807, 2.05) is 0 Å². The second kappa shape index (κ2) is 3.63. The van der Waals surface area contributed by atoms with Gasteiger partial charge in [0.15, 0.2) is 5.82 Å². The zero-order valence-electron chi connectivity index (χ0n) is 8.68. The molecule has 0 spiro atoms. The number of hydrogen-bond acceptors (Lipinski definition) is 5. The number of nitrogens with one attached hydrogen (secondary N) is 2. The van der Waals surface area contributed by atoms with E-state index in [1.165, 1.54) is 12.3 Å². The summed E-state index contributed by atoms with van der Waals surface area (Å²) in [6.07, 6.45) is 1.28. The molecule has 8 heteroatoms. The van der Waals surface area contributed by atoms with E-state index < -0.39 is 10.0 Å². The van der Waals surface area contributed by atoms with Gasteiger partial charge in [-0.2, -0.15) is 5.10 Å². The van der Waals surface area contributed by atoms with Crippen molar-refractivity contribution in [2.45, 2.75) is 18.7 Å². The van der Waals surface area contributed by atoms with E-state index in [0.717, 1.165) is 0 Å². The van der Waals surface area contributed by atoms with Gasteiger partial charge in [-0.05, 0) is 13.8 Å². The average Bonchev–Trinajstić information content (AvgIpc) is 2.76. The molecule has 2 heterocycles. The summed E-state index contributed by atoms with van der Waals surface area (Å²) in [6.45, 7) is 3.25. The first kappa shape index (κ1) is 10.7. The van der Waals surface area contributed by atoms with Crippen molar-refractivity contribution in [1.29, 1.82) is 0 Å². The summed E-state index contributed by atoms with van der Waals surface area (Å²) in [5, 5.41) is 9.91. The van der Waals surface area contributed by atoms with Gasteiger partial charge in [-0.25, -0.2) is 8.42 Å². The van der Waals surface area contributed by atoms with Gasteiger partial charge in [0.05, 0.1) is 11.4 Å². The lowest BCUT2D eigenvalue weighted by Gasteiger charge is -2.04. The molecule has 2 rings (SSSR count). The first-order valence-electron chi connectivity index (χ1n) is 4.45. The van der Waals surface area contributed by atoms with Crippen molar-refractivity contribution in [3.8, 4) is 0 Å². The Kier molecular flexibility index (Phi) is 2.43. The number of aryl methyl sites for hydroxylation is 2. The Balaban J connectivity index is 2.40. The number of H-pyrrole nitrogens is 1. The monoisotopic (exact) mass is 242 g/mol. The number of aromatic nitrogens is 3. The Labute approximate surface area is 91.9 Å². The lowest BCUT2D eigenvalue weighted by Crippen LogP contribution is -2.14. The third-order valence-corrected chi connectivity index (χ3v) is 3.62. The van der Waals surface area contributed by atoms with E-state index in [9.17, 15) is 8.42 Å². The van der Waals surface area contributed by atoms with Gasteiger partial charge in [0.2, 0.25) is 0 Å². The van der Waals surface area contributed by atoms with Gasteiger partial charge in [-0.3, -0.25) is 9.82 Å². The van der Waals surface area contributed by atoms with Gasteiger partial charge < -0.3 is 4.52 Å². The number of hydrogen-bond donors (Lipinski definition) is 2. The molecule has 2 aromatic rings. The molecule has 2 N–H and O–H groups in total. The molecule has 0 aliphatic rings. The number of rotatable bonds is 3. The summed E-state index contributed by atoms with van der Waals surface area (Å²) >= 11 is 0. The fraction of sp³-hybridized carbons (Fsp3) is 0.250. The van der Waals surface area contributed by atoms with Gasteiger partial charge in [0.1, 0.15) is 11.2 Å². The summed E-state index contributed by atoms with van der Waals surface area (Å²) in [7, 11) is -3.67. The molecule has 0 aliphatic heterocycles. The fourth-order valence-corrected chi connectivity index (χ4v) is 2.76. The molecule has 0 fully saturated rings. The quantitative estimate of drug-likeness (QED) is 0.829. The summed E-state index contributed by atoms with van der Waals surface area (Å²) in [6, 6.07) is 1.42. The van der Waals surface area contributed by atoms with Crippen molar-refractivity contribution in [2.24, 2.45) is 0 Å². The standard InChI is InChI=1S/C8H10N4O3S/c1-5-8(6(2)10-9-5)16(13,14)12-7-3-4-15-11-7/h3-4H,1-2H3,(H,9,10)(H,11,12). The lowest BCUT2D eigenvalue weighted by atomic mass is 10.4. The third-order valence-electron chi connectivity index (χ3n) is 2.01. The van der Waals surface area contributed by atoms with Gasteiger partial charge in [-0.1, -0.05) is 5.16 Å². The van der Waals surface area contributed by atoms with Gasteiger partial charge in [0, 0.05) is 6.07 Å². The van der Waals surface area contributed by atoms with Gasteiger partial charge in [-0.15, -0.1) is 0 Å². The van der Waals surface area contributed by atoms with E-state index >= 15 is 0 Å². The summed E-state index contributed by atoms with van der Waals surface area (Å²) in [5.74, 6) is 0.139. The maximum Gasteiger partial charge on any atom is 0.266 e. The smallest absolute Gasteiger partial charge is 0.266 e. The van der Waals surface area contributed by atoms with Crippen LogP contribution in [0.1, 0.15) is 11.4 Å². The molecule has 7 nitrogen and oxygen atoms in total. The minimum atomic E-state index is -3.67. The molecule has 0 unspecified atom stereocenters. The molecule has 0 bridgehead atoms. The predicted molar refractivity (Wildman–Crippen MR) is 55.4 cm³/mol. The molecule has 86 valence electrons. The average molecular weight is 242 g/mol.